The van der Waals surface area contributed by atoms with Gasteiger partial charge in [-0.15, -0.1) is 0 Å². The second-order valence-electron chi connectivity index (χ2n) is 8.66. The van der Waals surface area contributed by atoms with Gasteiger partial charge in [0.25, 0.3) is 5.91 Å². The molecular weight excluding hydrogens is 466 g/mol. The third kappa shape index (κ3) is 6.82. The molecule has 0 fully saturated rings. The Bertz CT molecular complexity index is 1300. The van der Waals surface area contributed by atoms with Crippen molar-refractivity contribution in [3.05, 3.63) is 84.2 Å². The predicted octanol–water partition coefficient (Wildman–Crippen LogP) is 5.67. The highest BCUT2D eigenvalue weighted by molar-refractivity contribution is 5.96. The Morgan fingerprint density at radius 2 is 1.57 bits per heavy atom. The summed E-state index contributed by atoms with van der Waals surface area (Å²) in [7, 11) is 1.57. The first-order valence-corrected chi connectivity index (χ1v) is 12.9. The SMILES string of the molecule is CCOc1ccccc1OCCn1c(CCCCCNC(=O)c2ccccc2OC)nc2ccccc21. The Kier molecular flexibility index (Phi) is 9.41. The number of carbonyl (C=O) groups is 1. The fraction of sp³-hybridized carbons (Fsp3) is 0.333. The van der Waals surface area contributed by atoms with Crippen molar-refractivity contribution in [1.29, 1.82) is 0 Å². The number of methoxy groups -OCH3 is 1. The molecule has 1 aromatic heterocycles. The van der Waals surface area contributed by atoms with Gasteiger partial charge in [-0.3, -0.25) is 4.79 Å². The molecule has 0 aliphatic heterocycles. The molecule has 0 aliphatic rings. The van der Waals surface area contributed by atoms with Crippen molar-refractivity contribution in [2.24, 2.45) is 0 Å². The molecular formula is C30H35N3O4. The number of carbonyl (C=O) groups excluding carboxylic acids is 1. The molecule has 0 bridgehead atoms. The van der Waals surface area contributed by atoms with Crippen LogP contribution in [0, 0.1) is 0 Å². The van der Waals surface area contributed by atoms with Crippen LogP contribution in [0.2, 0.25) is 0 Å². The molecule has 7 nitrogen and oxygen atoms in total. The van der Waals surface area contributed by atoms with Crippen LogP contribution in [0.15, 0.2) is 72.8 Å². The van der Waals surface area contributed by atoms with E-state index in [-0.39, 0.29) is 5.91 Å². The van der Waals surface area contributed by atoms with Crippen molar-refractivity contribution in [1.82, 2.24) is 14.9 Å². The maximum Gasteiger partial charge on any atom is 0.255 e. The molecule has 7 heteroatoms. The Balaban J connectivity index is 1.29. The van der Waals surface area contributed by atoms with E-state index in [1.165, 1.54) is 0 Å². The third-order valence-corrected chi connectivity index (χ3v) is 6.17. The molecule has 0 radical (unpaired) electrons. The quantitative estimate of drug-likeness (QED) is 0.226. The van der Waals surface area contributed by atoms with Crippen molar-refractivity contribution in [3.8, 4) is 17.2 Å². The molecule has 0 aliphatic carbocycles. The van der Waals surface area contributed by atoms with Gasteiger partial charge in [-0.05, 0) is 56.2 Å². The van der Waals surface area contributed by atoms with Crippen LogP contribution < -0.4 is 19.5 Å². The first-order valence-electron chi connectivity index (χ1n) is 12.9. The number of imidazole rings is 1. The number of amides is 1. The molecule has 4 aromatic rings. The molecule has 194 valence electrons. The van der Waals surface area contributed by atoms with Crippen molar-refractivity contribution in [2.75, 3.05) is 26.9 Å². The van der Waals surface area contributed by atoms with E-state index < -0.39 is 0 Å². The number of unbranched alkanes of at least 4 members (excludes halogenated alkanes) is 2. The minimum atomic E-state index is -0.106. The van der Waals surface area contributed by atoms with E-state index in [1.54, 1.807) is 19.2 Å². The summed E-state index contributed by atoms with van der Waals surface area (Å²) in [6.07, 6.45) is 3.75. The maximum absolute atomic E-state index is 12.5. The third-order valence-electron chi connectivity index (χ3n) is 6.17. The minimum Gasteiger partial charge on any atom is -0.496 e. The van der Waals surface area contributed by atoms with Crippen LogP contribution in [0.3, 0.4) is 0 Å². The number of rotatable bonds is 14. The maximum atomic E-state index is 12.5. The van der Waals surface area contributed by atoms with Gasteiger partial charge in [0.2, 0.25) is 0 Å². The Hall–Kier alpha value is -4.00. The average Bonchev–Trinajstić information content (AvgIpc) is 3.28. The molecule has 0 spiro atoms. The summed E-state index contributed by atoms with van der Waals surface area (Å²) in [5, 5.41) is 3.00. The van der Waals surface area contributed by atoms with Gasteiger partial charge in [-0.2, -0.15) is 0 Å². The van der Waals surface area contributed by atoms with Crippen LogP contribution in [-0.2, 0) is 13.0 Å². The molecule has 1 heterocycles. The summed E-state index contributed by atoms with van der Waals surface area (Å²) in [5.74, 6) is 3.05. The normalized spacial score (nSPS) is 10.9. The number of aryl methyl sites for hydroxylation is 1. The number of nitrogens with one attached hydrogen (secondary N) is 1. The van der Waals surface area contributed by atoms with Crippen molar-refractivity contribution >= 4 is 16.9 Å². The highest BCUT2D eigenvalue weighted by atomic mass is 16.5. The van der Waals surface area contributed by atoms with Gasteiger partial charge in [-0.1, -0.05) is 42.8 Å². The van der Waals surface area contributed by atoms with Gasteiger partial charge in [0.05, 0.1) is 36.9 Å². The van der Waals surface area contributed by atoms with Gasteiger partial charge in [0.1, 0.15) is 18.2 Å². The number of para-hydroxylation sites is 5. The summed E-state index contributed by atoms with van der Waals surface area (Å²) in [6, 6.07) is 23.2. The molecule has 0 saturated heterocycles. The lowest BCUT2D eigenvalue weighted by Crippen LogP contribution is -2.24. The zero-order valence-corrected chi connectivity index (χ0v) is 21.6. The van der Waals surface area contributed by atoms with E-state index >= 15 is 0 Å². The number of nitrogens with zero attached hydrogens (tertiary/aromatic N) is 2. The number of hydrogen-bond donors (Lipinski definition) is 1. The summed E-state index contributed by atoms with van der Waals surface area (Å²) in [5.41, 5.74) is 2.67. The zero-order valence-electron chi connectivity index (χ0n) is 21.6. The van der Waals surface area contributed by atoms with Crippen LogP contribution in [-0.4, -0.2) is 42.3 Å². The number of fused-ring (bicyclic) bond motifs is 1. The second kappa shape index (κ2) is 13.3. The van der Waals surface area contributed by atoms with Crippen molar-refractivity contribution in [3.63, 3.8) is 0 Å². The predicted molar refractivity (Wildman–Crippen MR) is 146 cm³/mol. The fourth-order valence-electron chi connectivity index (χ4n) is 4.37. The molecule has 0 atom stereocenters. The number of hydrogen-bond acceptors (Lipinski definition) is 5. The molecule has 0 saturated carbocycles. The lowest BCUT2D eigenvalue weighted by molar-refractivity contribution is 0.0950. The average molecular weight is 502 g/mol. The van der Waals surface area contributed by atoms with Crippen LogP contribution in [0.5, 0.6) is 17.2 Å². The Morgan fingerprint density at radius 3 is 2.35 bits per heavy atom. The van der Waals surface area contributed by atoms with Gasteiger partial charge in [-0.25, -0.2) is 4.98 Å². The summed E-state index contributed by atoms with van der Waals surface area (Å²) in [6.45, 7) is 4.41. The van der Waals surface area contributed by atoms with Gasteiger partial charge in [0.15, 0.2) is 11.5 Å². The lowest BCUT2D eigenvalue weighted by atomic mass is 10.1. The van der Waals surface area contributed by atoms with Crippen LogP contribution >= 0.6 is 0 Å². The van der Waals surface area contributed by atoms with E-state index in [0.717, 1.165) is 54.0 Å². The molecule has 1 N–H and O–H groups in total. The number of ether oxygens (including phenoxy) is 3. The second-order valence-corrected chi connectivity index (χ2v) is 8.66. The lowest BCUT2D eigenvalue weighted by Gasteiger charge is -2.13. The van der Waals surface area contributed by atoms with E-state index in [0.29, 0.717) is 37.6 Å². The number of aromatic nitrogens is 2. The zero-order chi connectivity index (χ0) is 25.9. The van der Waals surface area contributed by atoms with Crippen LogP contribution in [0.4, 0.5) is 0 Å². The largest absolute Gasteiger partial charge is 0.496 e. The molecule has 0 unspecified atom stereocenters. The van der Waals surface area contributed by atoms with Gasteiger partial charge >= 0.3 is 0 Å². The Morgan fingerprint density at radius 1 is 0.865 bits per heavy atom. The molecule has 1 amide bonds. The minimum absolute atomic E-state index is 0.106. The number of benzene rings is 3. The molecule has 3 aromatic carbocycles. The standard InChI is InChI=1S/C30H35N3O4/c1-3-36-27-17-10-11-18-28(27)37-22-21-33-25-15-8-7-14-24(25)32-29(33)19-5-4-12-20-31-30(34)23-13-6-9-16-26(23)35-2/h6-11,13-18H,3-5,12,19-22H2,1-2H3,(H,31,34). The van der Waals surface area contributed by atoms with E-state index in [1.807, 2.05) is 61.5 Å². The smallest absolute Gasteiger partial charge is 0.255 e. The highest BCUT2D eigenvalue weighted by Crippen LogP contribution is 2.26. The van der Waals surface area contributed by atoms with Crippen molar-refractivity contribution in [2.45, 2.75) is 39.2 Å². The monoisotopic (exact) mass is 501 g/mol. The summed E-state index contributed by atoms with van der Waals surface area (Å²) < 4.78 is 19.3. The first kappa shape index (κ1) is 26.1. The summed E-state index contributed by atoms with van der Waals surface area (Å²) >= 11 is 0. The van der Waals surface area contributed by atoms with E-state index in [2.05, 4.69) is 16.0 Å². The van der Waals surface area contributed by atoms with Crippen molar-refractivity contribution < 1.29 is 19.0 Å². The molecule has 4 rings (SSSR count). The first-order chi connectivity index (χ1) is 18.2. The van der Waals surface area contributed by atoms with E-state index in [4.69, 9.17) is 19.2 Å². The topological polar surface area (TPSA) is 74.6 Å². The van der Waals surface area contributed by atoms with Gasteiger partial charge < -0.3 is 24.1 Å². The fourth-order valence-corrected chi connectivity index (χ4v) is 4.37. The van der Waals surface area contributed by atoms with Crippen LogP contribution in [0.1, 0.15) is 42.4 Å². The highest BCUT2D eigenvalue weighted by Gasteiger charge is 2.12. The van der Waals surface area contributed by atoms with Gasteiger partial charge in [0, 0.05) is 13.0 Å². The van der Waals surface area contributed by atoms with E-state index in [9.17, 15) is 4.79 Å². The Labute approximate surface area is 218 Å². The van der Waals surface area contributed by atoms with Crippen LogP contribution in [0.25, 0.3) is 11.0 Å². The summed E-state index contributed by atoms with van der Waals surface area (Å²) in [4.78, 5) is 17.3. The molecule has 37 heavy (non-hydrogen) atoms.